The number of nitrogens with two attached hydrogens (primary N) is 1. The van der Waals surface area contributed by atoms with E-state index in [2.05, 4.69) is 24.3 Å². The number of amides is 1. The maximum Gasteiger partial charge on any atom is 0.239 e. The van der Waals surface area contributed by atoms with Crippen molar-refractivity contribution in [2.45, 2.75) is 37.6 Å². The van der Waals surface area contributed by atoms with Gasteiger partial charge in [-0.15, -0.1) is 0 Å². The van der Waals surface area contributed by atoms with Gasteiger partial charge in [0.25, 0.3) is 0 Å². The Morgan fingerprint density at radius 3 is 2.58 bits per heavy atom. The van der Waals surface area contributed by atoms with Crippen molar-refractivity contribution in [3.63, 3.8) is 0 Å². The summed E-state index contributed by atoms with van der Waals surface area (Å²) < 4.78 is 0. The second-order valence-electron chi connectivity index (χ2n) is 5.97. The van der Waals surface area contributed by atoms with Gasteiger partial charge in [0, 0.05) is 13.1 Å². The van der Waals surface area contributed by atoms with Crippen LogP contribution in [-0.2, 0) is 4.79 Å². The Morgan fingerprint density at radius 2 is 1.89 bits per heavy atom. The fraction of sp³-hybridized carbons (Fsp3) is 0.562. The molecule has 2 N–H and O–H groups in total. The highest BCUT2D eigenvalue weighted by Gasteiger charge is 2.33. The van der Waals surface area contributed by atoms with Crippen LogP contribution in [0.5, 0.6) is 0 Å². The standard InChI is InChI=1S/C16H22N2O/c17-15-10-14(13-4-2-1-3-5-13)8-9-18(16(15)19)11-12-6-7-12/h1-5,12,14-15H,6-11,17H2. The van der Waals surface area contributed by atoms with Crippen LogP contribution in [0.2, 0.25) is 0 Å². The first-order chi connectivity index (χ1) is 9.24. The summed E-state index contributed by atoms with van der Waals surface area (Å²) in [6, 6.07) is 10.1. The smallest absolute Gasteiger partial charge is 0.239 e. The van der Waals surface area contributed by atoms with E-state index in [1.165, 1.54) is 18.4 Å². The molecule has 3 nitrogen and oxygen atoms in total. The molecular weight excluding hydrogens is 236 g/mol. The van der Waals surface area contributed by atoms with Crippen LogP contribution in [0.25, 0.3) is 0 Å². The molecule has 0 bridgehead atoms. The number of nitrogens with zero attached hydrogens (tertiary/aromatic N) is 1. The Morgan fingerprint density at radius 1 is 1.16 bits per heavy atom. The summed E-state index contributed by atoms with van der Waals surface area (Å²) in [6.07, 6.45) is 4.38. The first kappa shape index (κ1) is 12.7. The largest absolute Gasteiger partial charge is 0.341 e. The number of hydrogen-bond donors (Lipinski definition) is 1. The van der Waals surface area contributed by atoms with Crippen LogP contribution in [0.4, 0.5) is 0 Å². The highest BCUT2D eigenvalue weighted by molar-refractivity contribution is 5.82. The van der Waals surface area contributed by atoms with Gasteiger partial charge in [0.2, 0.25) is 5.91 Å². The Kier molecular flexibility index (Phi) is 3.56. The van der Waals surface area contributed by atoms with Crippen molar-refractivity contribution in [3.8, 4) is 0 Å². The topological polar surface area (TPSA) is 46.3 Å². The van der Waals surface area contributed by atoms with Crippen molar-refractivity contribution in [3.05, 3.63) is 35.9 Å². The Hall–Kier alpha value is -1.35. The highest BCUT2D eigenvalue weighted by atomic mass is 16.2. The van der Waals surface area contributed by atoms with Crippen LogP contribution in [0.1, 0.15) is 37.2 Å². The summed E-state index contributed by atoms with van der Waals surface area (Å²) in [5.74, 6) is 1.32. The molecule has 102 valence electrons. The monoisotopic (exact) mass is 258 g/mol. The predicted molar refractivity (Wildman–Crippen MR) is 75.7 cm³/mol. The second kappa shape index (κ2) is 5.33. The van der Waals surface area contributed by atoms with Gasteiger partial charge in [-0.25, -0.2) is 0 Å². The van der Waals surface area contributed by atoms with Gasteiger partial charge in [-0.05, 0) is 43.1 Å². The number of likely N-dealkylation sites (tertiary alicyclic amines) is 1. The van der Waals surface area contributed by atoms with Crippen LogP contribution in [0, 0.1) is 5.92 Å². The molecule has 1 aromatic carbocycles. The minimum atomic E-state index is -0.327. The SMILES string of the molecule is NC1CC(c2ccccc2)CCN(CC2CC2)C1=O. The van der Waals surface area contributed by atoms with E-state index in [-0.39, 0.29) is 11.9 Å². The number of rotatable bonds is 3. The molecule has 1 aliphatic heterocycles. The predicted octanol–water partition coefficient (Wildman–Crippen LogP) is 2.13. The van der Waals surface area contributed by atoms with Crippen molar-refractivity contribution in [1.82, 2.24) is 4.90 Å². The molecule has 19 heavy (non-hydrogen) atoms. The summed E-state index contributed by atoms with van der Waals surface area (Å²) in [4.78, 5) is 14.3. The van der Waals surface area contributed by atoms with Gasteiger partial charge >= 0.3 is 0 Å². The first-order valence-electron chi connectivity index (χ1n) is 7.33. The summed E-state index contributed by atoms with van der Waals surface area (Å²) in [6.45, 7) is 1.79. The molecule has 1 saturated heterocycles. The molecular formula is C16H22N2O. The molecule has 1 amide bonds. The summed E-state index contributed by atoms with van der Waals surface area (Å²) in [7, 11) is 0. The van der Waals surface area contributed by atoms with E-state index in [1.54, 1.807) is 0 Å². The minimum Gasteiger partial charge on any atom is -0.341 e. The zero-order valence-electron chi connectivity index (χ0n) is 11.3. The van der Waals surface area contributed by atoms with Gasteiger partial charge in [0.15, 0.2) is 0 Å². The quantitative estimate of drug-likeness (QED) is 0.902. The van der Waals surface area contributed by atoms with E-state index in [4.69, 9.17) is 5.73 Å². The highest BCUT2D eigenvalue weighted by Crippen LogP contribution is 2.33. The summed E-state index contributed by atoms with van der Waals surface area (Å²) in [5, 5.41) is 0. The van der Waals surface area contributed by atoms with Crippen molar-refractivity contribution in [1.29, 1.82) is 0 Å². The summed E-state index contributed by atoms with van der Waals surface area (Å²) in [5.41, 5.74) is 7.42. The third-order valence-corrected chi connectivity index (χ3v) is 4.36. The van der Waals surface area contributed by atoms with Gasteiger partial charge in [0.05, 0.1) is 6.04 Å². The molecule has 2 aliphatic rings. The maximum atomic E-state index is 12.3. The molecule has 0 spiro atoms. The lowest BCUT2D eigenvalue weighted by molar-refractivity contribution is -0.132. The third-order valence-electron chi connectivity index (χ3n) is 4.36. The van der Waals surface area contributed by atoms with Crippen molar-refractivity contribution < 1.29 is 4.79 Å². The van der Waals surface area contributed by atoms with Crippen LogP contribution < -0.4 is 5.73 Å². The molecule has 3 rings (SSSR count). The zero-order valence-corrected chi connectivity index (χ0v) is 11.3. The maximum absolute atomic E-state index is 12.3. The number of carbonyl (C=O) groups is 1. The molecule has 0 radical (unpaired) electrons. The lowest BCUT2D eigenvalue weighted by atomic mass is 9.90. The fourth-order valence-corrected chi connectivity index (χ4v) is 3.00. The van der Waals surface area contributed by atoms with Gasteiger partial charge in [0.1, 0.15) is 0 Å². The van der Waals surface area contributed by atoms with Gasteiger partial charge < -0.3 is 10.6 Å². The van der Waals surface area contributed by atoms with Crippen LogP contribution in [0.3, 0.4) is 0 Å². The van der Waals surface area contributed by atoms with E-state index < -0.39 is 0 Å². The molecule has 1 aromatic rings. The van der Waals surface area contributed by atoms with E-state index in [9.17, 15) is 4.79 Å². The molecule has 1 heterocycles. The average molecular weight is 258 g/mol. The van der Waals surface area contributed by atoms with E-state index in [0.717, 1.165) is 31.8 Å². The molecule has 3 heteroatoms. The van der Waals surface area contributed by atoms with Crippen LogP contribution >= 0.6 is 0 Å². The number of benzene rings is 1. The first-order valence-corrected chi connectivity index (χ1v) is 7.33. The van der Waals surface area contributed by atoms with E-state index in [1.807, 2.05) is 11.0 Å². The molecule has 2 fully saturated rings. The Bertz CT molecular complexity index is 441. The molecule has 2 unspecified atom stereocenters. The minimum absolute atomic E-state index is 0.158. The fourth-order valence-electron chi connectivity index (χ4n) is 3.00. The van der Waals surface area contributed by atoms with Crippen LogP contribution in [0.15, 0.2) is 30.3 Å². The van der Waals surface area contributed by atoms with Gasteiger partial charge in [-0.3, -0.25) is 4.79 Å². The number of carbonyl (C=O) groups excluding carboxylic acids is 1. The van der Waals surface area contributed by atoms with Gasteiger partial charge in [-0.2, -0.15) is 0 Å². The lowest BCUT2D eigenvalue weighted by Crippen LogP contribution is -2.43. The van der Waals surface area contributed by atoms with Gasteiger partial charge in [-0.1, -0.05) is 30.3 Å². The third kappa shape index (κ3) is 2.98. The Balaban J connectivity index is 1.71. The molecule has 2 atom stereocenters. The van der Waals surface area contributed by atoms with E-state index in [0.29, 0.717) is 5.92 Å². The normalized spacial score (nSPS) is 28.3. The molecule has 1 saturated carbocycles. The molecule has 1 aliphatic carbocycles. The summed E-state index contributed by atoms with van der Waals surface area (Å²) >= 11 is 0. The zero-order chi connectivity index (χ0) is 13.2. The van der Waals surface area contributed by atoms with Crippen molar-refractivity contribution >= 4 is 5.91 Å². The average Bonchev–Trinajstić information content (AvgIpc) is 3.26. The van der Waals surface area contributed by atoms with Crippen LogP contribution in [-0.4, -0.2) is 29.9 Å². The molecule has 0 aromatic heterocycles. The Labute approximate surface area is 114 Å². The van der Waals surface area contributed by atoms with E-state index >= 15 is 0 Å². The second-order valence-corrected chi connectivity index (χ2v) is 5.97. The van der Waals surface area contributed by atoms with Crippen molar-refractivity contribution in [2.24, 2.45) is 11.7 Å². The van der Waals surface area contributed by atoms with Crippen molar-refractivity contribution in [2.75, 3.05) is 13.1 Å². The number of hydrogen-bond acceptors (Lipinski definition) is 2. The lowest BCUT2D eigenvalue weighted by Gasteiger charge is -2.22.